The van der Waals surface area contributed by atoms with Crippen LogP contribution in [0.2, 0.25) is 0 Å². The second-order valence-electron chi connectivity index (χ2n) is 7.67. The Hall–Kier alpha value is -2.93. The van der Waals surface area contributed by atoms with Crippen molar-refractivity contribution in [2.45, 2.75) is 50.9 Å². The highest BCUT2D eigenvalue weighted by Gasteiger charge is 2.24. The average Bonchev–Trinajstić information content (AvgIpc) is 2.75. The van der Waals surface area contributed by atoms with Crippen LogP contribution in [0.3, 0.4) is 0 Å². The molecule has 1 atom stereocenters. The summed E-state index contributed by atoms with van der Waals surface area (Å²) in [5, 5.41) is 2.85. The van der Waals surface area contributed by atoms with E-state index in [4.69, 9.17) is 0 Å². The summed E-state index contributed by atoms with van der Waals surface area (Å²) in [6, 6.07) is 15.8. The van der Waals surface area contributed by atoms with Crippen molar-refractivity contribution in [1.29, 1.82) is 0 Å². The molecule has 2 aromatic rings. The van der Waals surface area contributed by atoms with Crippen LogP contribution in [0.15, 0.2) is 48.5 Å². The Kier molecular flexibility index (Phi) is 8.20. The number of amides is 1. The van der Waals surface area contributed by atoms with Gasteiger partial charge >= 0.3 is 0 Å². The lowest BCUT2D eigenvalue weighted by molar-refractivity contribution is -0.122. The van der Waals surface area contributed by atoms with E-state index >= 15 is 0 Å². The fourth-order valence-electron chi connectivity index (χ4n) is 3.81. The topological polar surface area (TPSA) is 46.2 Å². The summed E-state index contributed by atoms with van der Waals surface area (Å²) in [4.78, 5) is 25.1. The first-order chi connectivity index (χ1) is 14.7. The zero-order chi connectivity index (χ0) is 21.2. The molecular weight excluding hydrogens is 377 g/mol. The molecule has 4 heteroatoms. The first-order valence-corrected chi connectivity index (χ1v) is 10.7. The van der Waals surface area contributed by atoms with Gasteiger partial charge in [-0.3, -0.25) is 14.0 Å². The first kappa shape index (κ1) is 21.8. The van der Waals surface area contributed by atoms with E-state index in [1.807, 2.05) is 48.5 Å². The molecule has 0 fully saturated rings. The van der Waals surface area contributed by atoms with Crippen LogP contribution in [0.5, 0.6) is 0 Å². The number of alkyl halides is 1. The fourth-order valence-corrected chi connectivity index (χ4v) is 3.81. The SMILES string of the molecule is O=C(CCCCCCF)NCCC(=O)C1Cc2ccccc2C#Cc2ccccc21. The van der Waals surface area contributed by atoms with Gasteiger partial charge in [-0.25, -0.2) is 0 Å². The smallest absolute Gasteiger partial charge is 0.220 e. The molecule has 0 spiro atoms. The number of unbranched alkanes of at least 4 members (excludes halogenated alkanes) is 3. The average molecular weight is 406 g/mol. The Labute approximate surface area is 178 Å². The number of hydrogen-bond acceptors (Lipinski definition) is 2. The number of benzene rings is 2. The number of nitrogens with one attached hydrogen (secondary N) is 1. The minimum atomic E-state index is -0.297. The summed E-state index contributed by atoms with van der Waals surface area (Å²) in [6.45, 7) is 0.0444. The van der Waals surface area contributed by atoms with Crippen LogP contribution in [0.25, 0.3) is 0 Å². The van der Waals surface area contributed by atoms with Crippen LogP contribution in [0.4, 0.5) is 4.39 Å². The number of carbonyl (C=O) groups is 2. The molecule has 30 heavy (non-hydrogen) atoms. The van der Waals surface area contributed by atoms with Crippen LogP contribution in [0, 0.1) is 11.8 Å². The van der Waals surface area contributed by atoms with Crippen LogP contribution in [-0.2, 0) is 16.0 Å². The Bertz CT molecular complexity index is 941. The molecule has 0 aliphatic heterocycles. The summed E-state index contributed by atoms with van der Waals surface area (Å²) in [5.41, 5.74) is 3.90. The molecule has 2 aromatic carbocycles. The molecule has 0 bridgehead atoms. The van der Waals surface area contributed by atoms with Gasteiger partial charge in [-0.15, -0.1) is 0 Å². The number of fused-ring (bicyclic) bond motifs is 2. The molecule has 3 nitrogen and oxygen atoms in total. The van der Waals surface area contributed by atoms with Crippen molar-refractivity contribution >= 4 is 11.7 Å². The van der Waals surface area contributed by atoms with Crippen molar-refractivity contribution in [3.05, 3.63) is 70.8 Å². The monoisotopic (exact) mass is 405 g/mol. The Balaban J connectivity index is 1.60. The van der Waals surface area contributed by atoms with E-state index in [1.54, 1.807) is 0 Å². The number of carbonyl (C=O) groups excluding carboxylic acids is 2. The minimum absolute atomic E-state index is 0.0441. The highest BCUT2D eigenvalue weighted by atomic mass is 19.1. The molecule has 1 amide bonds. The van der Waals surface area contributed by atoms with E-state index in [-0.39, 0.29) is 24.3 Å². The second kappa shape index (κ2) is 11.3. The molecule has 0 saturated heterocycles. The molecule has 0 saturated carbocycles. The Morgan fingerprint density at radius 2 is 1.60 bits per heavy atom. The van der Waals surface area contributed by atoms with Crippen LogP contribution < -0.4 is 5.32 Å². The Morgan fingerprint density at radius 3 is 2.43 bits per heavy atom. The van der Waals surface area contributed by atoms with E-state index in [9.17, 15) is 14.0 Å². The largest absolute Gasteiger partial charge is 0.356 e. The summed E-state index contributed by atoms with van der Waals surface area (Å²) in [5.74, 6) is 6.26. The predicted octanol–water partition coefficient (Wildman–Crippen LogP) is 4.72. The van der Waals surface area contributed by atoms with Crippen molar-refractivity contribution in [1.82, 2.24) is 5.32 Å². The highest BCUT2D eigenvalue weighted by Crippen LogP contribution is 2.28. The van der Waals surface area contributed by atoms with E-state index in [2.05, 4.69) is 17.2 Å². The van der Waals surface area contributed by atoms with Gasteiger partial charge in [-0.05, 0) is 42.5 Å². The number of hydrogen-bond donors (Lipinski definition) is 1. The van der Waals surface area contributed by atoms with Gasteiger partial charge in [0.2, 0.25) is 5.91 Å². The van der Waals surface area contributed by atoms with Crippen molar-refractivity contribution in [2.24, 2.45) is 0 Å². The van der Waals surface area contributed by atoms with Gasteiger partial charge in [0.05, 0.1) is 6.67 Å². The normalized spacial score (nSPS) is 14.4. The standard InChI is InChI=1S/C26H28FNO2/c27-17-8-2-1-3-13-26(30)28-18-16-25(29)24-19-22-11-5-4-9-20(22)14-15-21-10-6-7-12-23(21)24/h4-7,9-12,24H,1-3,8,13,16-19H2,(H,28,30). The maximum atomic E-state index is 13.1. The highest BCUT2D eigenvalue weighted by molar-refractivity contribution is 5.88. The maximum absolute atomic E-state index is 13.1. The molecule has 1 aliphatic carbocycles. The lowest BCUT2D eigenvalue weighted by Crippen LogP contribution is -2.28. The van der Waals surface area contributed by atoms with Crippen LogP contribution >= 0.6 is 0 Å². The number of halogens is 1. The molecule has 3 rings (SSSR count). The molecular formula is C26H28FNO2. The van der Waals surface area contributed by atoms with Gasteiger partial charge in [0.1, 0.15) is 5.78 Å². The van der Waals surface area contributed by atoms with Gasteiger partial charge < -0.3 is 5.32 Å². The Morgan fingerprint density at radius 1 is 0.900 bits per heavy atom. The summed E-state index contributed by atoms with van der Waals surface area (Å²) < 4.78 is 12.1. The summed E-state index contributed by atoms with van der Waals surface area (Å²) >= 11 is 0. The van der Waals surface area contributed by atoms with E-state index < -0.39 is 0 Å². The van der Waals surface area contributed by atoms with Crippen molar-refractivity contribution < 1.29 is 14.0 Å². The molecule has 0 aromatic heterocycles. The van der Waals surface area contributed by atoms with Gasteiger partial charge in [-0.2, -0.15) is 0 Å². The molecule has 1 unspecified atom stereocenters. The predicted molar refractivity (Wildman–Crippen MR) is 117 cm³/mol. The van der Waals surface area contributed by atoms with E-state index in [0.717, 1.165) is 41.5 Å². The number of ketones is 1. The fraction of sp³-hybridized carbons (Fsp3) is 0.385. The third-order valence-electron chi connectivity index (χ3n) is 5.48. The number of rotatable bonds is 10. The van der Waals surface area contributed by atoms with E-state index in [1.165, 1.54) is 0 Å². The lowest BCUT2D eigenvalue weighted by Gasteiger charge is -2.20. The van der Waals surface area contributed by atoms with Crippen LogP contribution in [-0.4, -0.2) is 24.9 Å². The maximum Gasteiger partial charge on any atom is 0.220 e. The quantitative estimate of drug-likeness (QED) is 0.459. The van der Waals surface area contributed by atoms with Gasteiger partial charge in [0.25, 0.3) is 0 Å². The van der Waals surface area contributed by atoms with Crippen molar-refractivity contribution in [2.75, 3.05) is 13.2 Å². The van der Waals surface area contributed by atoms with Crippen molar-refractivity contribution in [3.63, 3.8) is 0 Å². The van der Waals surface area contributed by atoms with Gasteiger partial charge in [-0.1, -0.05) is 61.1 Å². The lowest BCUT2D eigenvalue weighted by atomic mass is 9.82. The van der Waals surface area contributed by atoms with Gasteiger partial charge in [0.15, 0.2) is 0 Å². The zero-order valence-electron chi connectivity index (χ0n) is 17.3. The third-order valence-corrected chi connectivity index (χ3v) is 5.48. The molecule has 156 valence electrons. The third kappa shape index (κ3) is 6.03. The summed E-state index contributed by atoms with van der Waals surface area (Å²) in [6.07, 6.45) is 4.32. The van der Waals surface area contributed by atoms with Crippen LogP contribution in [0.1, 0.15) is 66.7 Å². The summed E-state index contributed by atoms with van der Waals surface area (Å²) in [7, 11) is 0. The molecule has 0 radical (unpaired) electrons. The minimum Gasteiger partial charge on any atom is -0.356 e. The first-order valence-electron chi connectivity index (χ1n) is 10.7. The molecule has 0 heterocycles. The van der Waals surface area contributed by atoms with E-state index in [0.29, 0.717) is 32.2 Å². The molecule has 1 N–H and O–H groups in total. The van der Waals surface area contributed by atoms with Crippen molar-refractivity contribution in [3.8, 4) is 11.8 Å². The van der Waals surface area contributed by atoms with Gasteiger partial charge in [0, 0.05) is 36.4 Å². The second-order valence-corrected chi connectivity index (χ2v) is 7.67. The molecule has 1 aliphatic rings. The number of Topliss-reactive ketones (excluding diaryl/α,β-unsaturated/α-hetero) is 1. The zero-order valence-corrected chi connectivity index (χ0v) is 17.3.